The number of piperidine rings is 1. The second-order valence-electron chi connectivity index (χ2n) is 6.04. The molecule has 1 fully saturated rings. The van der Waals surface area contributed by atoms with Crippen molar-refractivity contribution in [2.45, 2.75) is 52.2 Å². The van der Waals surface area contributed by atoms with Crippen LogP contribution in [-0.2, 0) is 0 Å². The van der Waals surface area contributed by atoms with Crippen LogP contribution in [0.4, 0.5) is 11.5 Å². The van der Waals surface area contributed by atoms with Crippen molar-refractivity contribution in [2.24, 2.45) is 0 Å². The van der Waals surface area contributed by atoms with Crippen molar-refractivity contribution in [1.82, 2.24) is 9.78 Å². The third kappa shape index (κ3) is 2.63. The van der Waals surface area contributed by atoms with Gasteiger partial charge in [-0.15, -0.1) is 0 Å². The van der Waals surface area contributed by atoms with Gasteiger partial charge in [-0.1, -0.05) is 0 Å². The lowest BCUT2D eigenvalue weighted by Crippen LogP contribution is -2.43. The Morgan fingerprint density at radius 1 is 1.40 bits per heavy atom. The van der Waals surface area contributed by atoms with Crippen LogP contribution in [-0.4, -0.2) is 38.5 Å². The van der Waals surface area contributed by atoms with Crippen LogP contribution in [0.15, 0.2) is 0 Å². The summed E-state index contributed by atoms with van der Waals surface area (Å²) in [5.41, 5.74) is -0.153. The summed E-state index contributed by atoms with van der Waals surface area (Å²) in [4.78, 5) is 12.9. The first-order valence-corrected chi connectivity index (χ1v) is 6.94. The van der Waals surface area contributed by atoms with Crippen molar-refractivity contribution < 1.29 is 10.0 Å². The monoisotopic (exact) mass is 282 g/mol. The number of nitro groups is 1. The Hall–Kier alpha value is -1.63. The zero-order valence-electron chi connectivity index (χ0n) is 12.5. The van der Waals surface area contributed by atoms with Crippen molar-refractivity contribution in [3.8, 4) is 0 Å². The van der Waals surface area contributed by atoms with Crippen molar-refractivity contribution in [2.75, 3.05) is 18.0 Å². The molecule has 7 heteroatoms. The van der Waals surface area contributed by atoms with E-state index in [0.29, 0.717) is 37.4 Å². The number of anilines is 1. The summed E-state index contributed by atoms with van der Waals surface area (Å²) in [6, 6.07) is 0.0554. The third-order valence-electron chi connectivity index (χ3n) is 3.84. The number of nitrogens with zero attached hydrogens (tertiary/aromatic N) is 4. The van der Waals surface area contributed by atoms with Gasteiger partial charge in [0, 0.05) is 19.1 Å². The Bertz CT molecular complexity index is 512. The molecule has 0 saturated carbocycles. The molecule has 0 aromatic carbocycles. The van der Waals surface area contributed by atoms with Gasteiger partial charge in [-0.3, -0.25) is 10.1 Å². The maximum absolute atomic E-state index is 11.3. The van der Waals surface area contributed by atoms with Gasteiger partial charge in [0.1, 0.15) is 5.69 Å². The van der Waals surface area contributed by atoms with Crippen LogP contribution in [0.3, 0.4) is 0 Å². The highest BCUT2D eigenvalue weighted by molar-refractivity contribution is 5.62. The lowest BCUT2D eigenvalue weighted by molar-refractivity contribution is -0.384. The van der Waals surface area contributed by atoms with Crippen LogP contribution in [0.5, 0.6) is 0 Å². The molecule has 0 bridgehead atoms. The number of aryl methyl sites for hydroxylation is 1. The second-order valence-corrected chi connectivity index (χ2v) is 6.04. The summed E-state index contributed by atoms with van der Waals surface area (Å²) in [6.07, 6.45) is 1.21. The molecular formula is C13H22N4O3. The number of hydrogen-bond acceptors (Lipinski definition) is 5. The third-order valence-corrected chi connectivity index (χ3v) is 3.84. The molecule has 1 aliphatic heterocycles. The molecule has 2 rings (SSSR count). The lowest BCUT2D eigenvalue weighted by Gasteiger charge is -2.36. The summed E-state index contributed by atoms with van der Waals surface area (Å²) in [7, 11) is 0. The van der Waals surface area contributed by atoms with E-state index < -0.39 is 5.60 Å². The number of rotatable bonds is 3. The average Bonchev–Trinajstić information content (AvgIpc) is 2.67. The fourth-order valence-corrected chi connectivity index (χ4v) is 2.60. The Balaban J connectivity index is 2.41. The van der Waals surface area contributed by atoms with Crippen LogP contribution in [0.25, 0.3) is 0 Å². The van der Waals surface area contributed by atoms with Gasteiger partial charge in [-0.2, -0.15) is 5.10 Å². The molecule has 20 heavy (non-hydrogen) atoms. The van der Waals surface area contributed by atoms with E-state index in [-0.39, 0.29) is 16.7 Å². The molecule has 2 heterocycles. The van der Waals surface area contributed by atoms with Gasteiger partial charge in [0.2, 0.25) is 5.82 Å². The van der Waals surface area contributed by atoms with Gasteiger partial charge >= 0.3 is 5.69 Å². The highest BCUT2D eigenvalue weighted by Gasteiger charge is 2.35. The van der Waals surface area contributed by atoms with Gasteiger partial charge in [-0.25, -0.2) is 4.68 Å². The van der Waals surface area contributed by atoms with Gasteiger partial charge in [-0.05, 0) is 40.5 Å². The topological polar surface area (TPSA) is 84.4 Å². The Morgan fingerprint density at radius 3 is 2.40 bits per heavy atom. The van der Waals surface area contributed by atoms with E-state index >= 15 is 0 Å². The maximum Gasteiger partial charge on any atom is 0.333 e. The standard InChI is InChI=1S/C13H22N4O3/c1-9(2)16-12(11(17(19)20)10(3)14-16)15-7-5-13(4,18)6-8-15/h9,18H,5-8H2,1-4H3. The van der Waals surface area contributed by atoms with Crippen LogP contribution in [0.1, 0.15) is 45.3 Å². The normalized spacial score (nSPS) is 18.6. The van der Waals surface area contributed by atoms with Gasteiger partial charge in [0.25, 0.3) is 0 Å². The average molecular weight is 282 g/mol. The summed E-state index contributed by atoms with van der Waals surface area (Å²) < 4.78 is 1.72. The van der Waals surface area contributed by atoms with Gasteiger partial charge < -0.3 is 10.0 Å². The van der Waals surface area contributed by atoms with Gasteiger partial charge in [0.15, 0.2) is 0 Å². The SMILES string of the molecule is Cc1nn(C(C)C)c(N2CCC(C)(O)CC2)c1[N+](=O)[O-]. The highest BCUT2D eigenvalue weighted by Crippen LogP contribution is 2.36. The van der Waals surface area contributed by atoms with E-state index in [1.165, 1.54) is 0 Å². The predicted molar refractivity (Wildman–Crippen MR) is 76.1 cm³/mol. The van der Waals surface area contributed by atoms with Crippen LogP contribution >= 0.6 is 0 Å². The van der Waals surface area contributed by atoms with Crippen molar-refractivity contribution >= 4 is 11.5 Å². The van der Waals surface area contributed by atoms with Gasteiger partial charge in [0.05, 0.1) is 10.5 Å². The first-order valence-electron chi connectivity index (χ1n) is 6.94. The first-order chi connectivity index (χ1) is 9.23. The molecule has 0 aliphatic carbocycles. The Kier molecular flexibility index (Phi) is 3.73. The molecule has 0 amide bonds. The van der Waals surface area contributed by atoms with E-state index in [9.17, 15) is 15.2 Å². The second kappa shape index (κ2) is 5.05. The maximum atomic E-state index is 11.3. The molecule has 1 aromatic rings. The fourth-order valence-electron chi connectivity index (χ4n) is 2.60. The number of aliphatic hydroxyl groups is 1. The summed E-state index contributed by atoms with van der Waals surface area (Å²) >= 11 is 0. The molecule has 1 aromatic heterocycles. The predicted octanol–water partition coefficient (Wildman–Crippen LogP) is 2.03. The van der Waals surface area contributed by atoms with E-state index in [0.717, 1.165) is 0 Å². The number of hydrogen-bond donors (Lipinski definition) is 1. The molecule has 7 nitrogen and oxygen atoms in total. The molecule has 0 unspecified atom stereocenters. The Labute approximate surface area is 118 Å². The fraction of sp³-hybridized carbons (Fsp3) is 0.769. The van der Waals surface area contributed by atoms with Crippen molar-refractivity contribution in [3.63, 3.8) is 0 Å². The van der Waals surface area contributed by atoms with E-state index in [1.807, 2.05) is 25.7 Å². The van der Waals surface area contributed by atoms with E-state index in [1.54, 1.807) is 11.6 Å². The Morgan fingerprint density at radius 2 is 1.95 bits per heavy atom. The molecule has 1 aliphatic rings. The largest absolute Gasteiger partial charge is 0.390 e. The lowest BCUT2D eigenvalue weighted by atomic mass is 9.94. The minimum atomic E-state index is -0.678. The smallest absolute Gasteiger partial charge is 0.333 e. The summed E-state index contributed by atoms with van der Waals surface area (Å²) in [5.74, 6) is 0.568. The molecule has 1 saturated heterocycles. The van der Waals surface area contributed by atoms with E-state index in [2.05, 4.69) is 5.10 Å². The summed E-state index contributed by atoms with van der Waals surface area (Å²) in [5, 5.41) is 25.7. The van der Waals surface area contributed by atoms with Crippen molar-refractivity contribution in [3.05, 3.63) is 15.8 Å². The first kappa shape index (κ1) is 14.8. The summed E-state index contributed by atoms with van der Waals surface area (Å²) in [6.45, 7) is 8.60. The zero-order chi connectivity index (χ0) is 15.1. The van der Waals surface area contributed by atoms with Crippen LogP contribution in [0.2, 0.25) is 0 Å². The molecular weight excluding hydrogens is 260 g/mol. The van der Waals surface area contributed by atoms with Crippen LogP contribution in [0, 0.1) is 17.0 Å². The molecule has 1 N–H and O–H groups in total. The number of aromatic nitrogens is 2. The van der Waals surface area contributed by atoms with Crippen LogP contribution < -0.4 is 4.90 Å². The molecule has 0 atom stereocenters. The zero-order valence-corrected chi connectivity index (χ0v) is 12.5. The minimum Gasteiger partial charge on any atom is -0.390 e. The molecule has 0 spiro atoms. The molecule has 112 valence electrons. The highest BCUT2D eigenvalue weighted by atomic mass is 16.6. The van der Waals surface area contributed by atoms with Crippen molar-refractivity contribution in [1.29, 1.82) is 0 Å². The van der Waals surface area contributed by atoms with E-state index in [4.69, 9.17) is 0 Å². The minimum absolute atomic E-state index is 0.0554. The molecule has 0 radical (unpaired) electrons. The quantitative estimate of drug-likeness (QED) is 0.677.